The van der Waals surface area contributed by atoms with Crippen LogP contribution in [0.25, 0.3) is 10.8 Å². The van der Waals surface area contributed by atoms with Gasteiger partial charge in [-0.2, -0.15) is 0 Å². The number of nitrogens with one attached hydrogen (secondary N) is 3. The Morgan fingerprint density at radius 2 is 1.58 bits per heavy atom. The molecule has 0 aliphatic rings. The fourth-order valence-corrected chi connectivity index (χ4v) is 2.78. The van der Waals surface area contributed by atoms with Gasteiger partial charge in [-0.25, -0.2) is 4.79 Å². The number of hydrogen-bond acceptors (Lipinski definition) is 2. The van der Waals surface area contributed by atoms with E-state index in [2.05, 4.69) is 16.0 Å². The number of fused-ring (bicyclic) bond motifs is 1. The molecule has 0 saturated heterocycles. The van der Waals surface area contributed by atoms with Gasteiger partial charge in [0.15, 0.2) is 0 Å². The van der Waals surface area contributed by atoms with Crippen LogP contribution in [0.3, 0.4) is 0 Å². The van der Waals surface area contributed by atoms with E-state index in [9.17, 15) is 9.59 Å². The molecule has 5 nitrogen and oxygen atoms in total. The molecular formula is C21H21N3O2. The van der Waals surface area contributed by atoms with E-state index in [4.69, 9.17) is 0 Å². The van der Waals surface area contributed by atoms with Crippen LogP contribution in [0, 0.1) is 0 Å². The number of amides is 3. The number of anilines is 1. The summed E-state index contributed by atoms with van der Waals surface area (Å²) in [7, 11) is 0. The van der Waals surface area contributed by atoms with Gasteiger partial charge < -0.3 is 16.0 Å². The summed E-state index contributed by atoms with van der Waals surface area (Å²) >= 11 is 0. The molecule has 0 spiro atoms. The molecule has 0 heterocycles. The summed E-state index contributed by atoms with van der Waals surface area (Å²) in [6.07, 6.45) is 0. The zero-order valence-electron chi connectivity index (χ0n) is 14.5. The van der Waals surface area contributed by atoms with Crippen LogP contribution in [0.15, 0.2) is 72.8 Å². The van der Waals surface area contributed by atoms with Crippen LogP contribution in [-0.2, 0) is 4.79 Å². The fraction of sp³-hybridized carbons (Fsp3) is 0.143. The van der Waals surface area contributed by atoms with Gasteiger partial charge in [0.2, 0.25) is 5.91 Å². The van der Waals surface area contributed by atoms with Gasteiger partial charge in [-0.1, -0.05) is 66.7 Å². The molecule has 3 amide bonds. The maximum atomic E-state index is 12.1. The lowest BCUT2D eigenvalue weighted by Crippen LogP contribution is -2.39. The normalized spacial score (nSPS) is 11.6. The van der Waals surface area contributed by atoms with Gasteiger partial charge in [-0.3, -0.25) is 4.79 Å². The van der Waals surface area contributed by atoms with E-state index in [1.165, 1.54) is 0 Å². The van der Waals surface area contributed by atoms with Gasteiger partial charge >= 0.3 is 6.03 Å². The first-order valence-corrected chi connectivity index (χ1v) is 8.50. The first-order valence-electron chi connectivity index (χ1n) is 8.50. The molecule has 0 fully saturated rings. The smallest absolute Gasteiger partial charge is 0.319 e. The minimum Gasteiger partial charge on any atom is -0.348 e. The number of hydrogen-bond donors (Lipinski definition) is 3. The Bertz CT molecular complexity index is 904. The van der Waals surface area contributed by atoms with Gasteiger partial charge in [0.25, 0.3) is 0 Å². The highest BCUT2D eigenvalue weighted by Gasteiger charge is 2.11. The molecule has 3 rings (SSSR count). The summed E-state index contributed by atoms with van der Waals surface area (Å²) in [5.74, 6) is -0.241. The number of carbonyl (C=O) groups is 2. The summed E-state index contributed by atoms with van der Waals surface area (Å²) in [5.41, 5.74) is 1.72. The second-order valence-electron chi connectivity index (χ2n) is 6.03. The van der Waals surface area contributed by atoms with E-state index in [0.29, 0.717) is 5.69 Å². The SMILES string of the molecule is CC(NC(=O)CNC(=O)Nc1cccc2ccccc12)c1ccccc1. The molecule has 0 radical (unpaired) electrons. The predicted molar refractivity (Wildman–Crippen MR) is 104 cm³/mol. The Morgan fingerprint density at radius 1 is 0.885 bits per heavy atom. The first kappa shape index (κ1) is 17.5. The van der Waals surface area contributed by atoms with Crippen LogP contribution < -0.4 is 16.0 Å². The highest BCUT2D eigenvalue weighted by Crippen LogP contribution is 2.22. The average Bonchev–Trinajstić information content (AvgIpc) is 2.67. The Balaban J connectivity index is 1.53. The molecule has 0 aliphatic heterocycles. The number of rotatable bonds is 5. The van der Waals surface area contributed by atoms with Crippen molar-refractivity contribution >= 4 is 28.4 Å². The van der Waals surface area contributed by atoms with E-state index in [1.54, 1.807) is 0 Å². The maximum Gasteiger partial charge on any atom is 0.319 e. The van der Waals surface area contributed by atoms with E-state index in [-0.39, 0.29) is 18.5 Å². The molecule has 0 bridgehead atoms. The second kappa shape index (κ2) is 8.16. The van der Waals surface area contributed by atoms with Gasteiger partial charge in [0.1, 0.15) is 0 Å². The lowest BCUT2D eigenvalue weighted by Gasteiger charge is -2.15. The van der Waals surface area contributed by atoms with Crippen molar-refractivity contribution in [2.24, 2.45) is 0 Å². The van der Waals surface area contributed by atoms with Gasteiger partial charge in [-0.05, 0) is 23.9 Å². The molecule has 26 heavy (non-hydrogen) atoms. The van der Waals surface area contributed by atoms with Gasteiger partial charge in [0.05, 0.1) is 18.3 Å². The minimum atomic E-state index is -0.413. The van der Waals surface area contributed by atoms with Crippen molar-refractivity contribution in [3.63, 3.8) is 0 Å². The summed E-state index contributed by atoms with van der Waals surface area (Å²) < 4.78 is 0. The zero-order chi connectivity index (χ0) is 18.4. The molecule has 3 aromatic carbocycles. The standard InChI is InChI=1S/C21H21N3O2/c1-15(16-8-3-2-4-9-16)23-20(25)14-22-21(26)24-19-13-7-11-17-10-5-6-12-18(17)19/h2-13,15H,14H2,1H3,(H,23,25)(H2,22,24,26). The average molecular weight is 347 g/mol. The Hall–Kier alpha value is -3.34. The number of carbonyl (C=O) groups excluding carboxylic acids is 2. The summed E-state index contributed by atoms with van der Waals surface area (Å²) in [6, 6.07) is 22.6. The van der Waals surface area contributed by atoms with Crippen molar-refractivity contribution in [1.29, 1.82) is 0 Å². The molecule has 1 atom stereocenters. The Labute approximate surface area is 152 Å². The van der Waals surface area contributed by atoms with E-state index in [1.807, 2.05) is 79.7 Å². The third kappa shape index (κ3) is 4.39. The molecule has 5 heteroatoms. The molecule has 0 aromatic heterocycles. The zero-order valence-corrected chi connectivity index (χ0v) is 14.5. The second-order valence-corrected chi connectivity index (χ2v) is 6.03. The van der Waals surface area contributed by atoms with E-state index >= 15 is 0 Å². The molecular weight excluding hydrogens is 326 g/mol. The van der Waals surface area contributed by atoms with Crippen LogP contribution in [-0.4, -0.2) is 18.5 Å². The Morgan fingerprint density at radius 3 is 2.38 bits per heavy atom. The van der Waals surface area contributed by atoms with Crippen molar-refractivity contribution in [2.75, 3.05) is 11.9 Å². The minimum absolute atomic E-state index is 0.0895. The van der Waals surface area contributed by atoms with Crippen molar-refractivity contribution in [3.8, 4) is 0 Å². The van der Waals surface area contributed by atoms with Crippen molar-refractivity contribution in [3.05, 3.63) is 78.4 Å². The van der Waals surface area contributed by atoms with Crippen molar-refractivity contribution in [1.82, 2.24) is 10.6 Å². The topological polar surface area (TPSA) is 70.2 Å². The van der Waals surface area contributed by atoms with Crippen LogP contribution in [0.4, 0.5) is 10.5 Å². The third-order valence-corrected chi connectivity index (χ3v) is 4.12. The highest BCUT2D eigenvalue weighted by atomic mass is 16.2. The predicted octanol–water partition coefficient (Wildman–Crippen LogP) is 3.84. The third-order valence-electron chi connectivity index (χ3n) is 4.12. The van der Waals surface area contributed by atoms with Crippen LogP contribution in [0.2, 0.25) is 0 Å². The van der Waals surface area contributed by atoms with Crippen LogP contribution in [0.5, 0.6) is 0 Å². The Kier molecular flexibility index (Phi) is 5.49. The van der Waals surface area contributed by atoms with Crippen molar-refractivity contribution in [2.45, 2.75) is 13.0 Å². The lowest BCUT2D eigenvalue weighted by atomic mass is 10.1. The quantitative estimate of drug-likeness (QED) is 0.656. The number of benzene rings is 3. The summed E-state index contributed by atoms with van der Waals surface area (Å²) in [6.45, 7) is 1.82. The highest BCUT2D eigenvalue weighted by molar-refractivity contribution is 6.02. The fourth-order valence-electron chi connectivity index (χ4n) is 2.78. The van der Waals surface area contributed by atoms with Crippen LogP contribution >= 0.6 is 0 Å². The largest absolute Gasteiger partial charge is 0.348 e. The molecule has 132 valence electrons. The van der Waals surface area contributed by atoms with E-state index < -0.39 is 6.03 Å². The molecule has 3 N–H and O–H groups in total. The molecule has 0 saturated carbocycles. The molecule has 1 unspecified atom stereocenters. The van der Waals surface area contributed by atoms with Crippen molar-refractivity contribution < 1.29 is 9.59 Å². The van der Waals surface area contributed by atoms with E-state index in [0.717, 1.165) is 16.3 Å². The number of urea groups is 1. The summed E-state index contributed by atoms with van der Waals surface area (Å²) in [5, 5.41) is 10.2. The maximum absolute atomic E-state index is 12.1. The lowest BCUT2D eigenvalue weighted by molar-refractivity contribution is -0.120. The molecule has 0 aliphatic carbocycles. The van der Waals surface area contributed by atoms with Gasteiger partial charge in [0, 0.05) is 5.39 Å². The van der Waals surface area contributed by atoms with Gasteiger partial charge in [-0.15, -0.1) is 0 Å². The van der Waals surface area contributed by atoms with Crippen LogP contribution in [0.1, 0.15) is 18.5 Å². The summed E-state index contributed by atoms with van der Waals surface area (Å²) in [4.78, 5) is 24.2. The molecule has 3 aromatic rings. The monoisotopic (exact) mass is 347 g/mol. The first-order chi connectivity index (χ1) is 12.6.